The molecular formula is C19H24N2O7. The average Bonchev–Trinajstić information content (AvgIpc) is 2.93. The number of amides is 1. The summed E-state index contributed by atoms with van der Waals surface area (Å²) in [5.41, 5.74) is 4.08. The van der Waals surface area contributed by atoms with E-state index in [2.05, 4.69) is 0 Å². The molecule has 0 bridgehead atoms. The first kappa shape index (κ1) is 21.1. The van der Waals surface area contributed by atoms with Gasteiger partial charge in [0.1, 0.15) is 11.5 Å². The number of carbonyl (C=O) groups is 3. The van der Waals surface area contributed by atoms with Crippen molar-refractivity contribution in [3.05, 3.63) is 35.5 Å². The molecule has 1 heterocycles. The summed E-state index contributed by atoms with van der Waals surface area (Å²) in [7, 11) is 2.97. The van der Waals surface area contributed by atoms with Crippen LogP contribution in [0.5, 0.6) is 11.5 Å². The lowest BCUT2D eigenvalue weighted by molar-refractivity contribution is -0.173. The highest BCUT2D eigenvalue weighted by Crippen LogP contribution is 2.35. The number of ether oxygens (including phenoxy) is 4. The van der Waals surface area contributed by atoms with Crippen molar-refractivity contribution in [2.24, 2.45) is 5.73 Å². The van der Waals surface area contributed by atoms with Gasteiger partial charge in [0, 0.05) is 17.7 Å². The summed E-state index contributed by atoms with van der Waals surface area (Å²) >= 11 is 0. The van der Waals surface area contributed by atoms with E-state index in [0.717, 1.165) is 11.0 Å². The summed E-state index contributed by atoms with van der Waals surface area (Å²) in [6.07, 6.45) is 1.03. The Balaban J connectivity index is 2.54. The third-order valence-electron chi connectivity index (χ3n) is 4.33. The van der Waals surface area contributed by atoms with Crippen LogP contribution < -0.4 is 15.2 Å². The lowest BCUT2D eigenvalue weighted by atomic mass is 9.95. The number of hydrogen-bond acceptors (Lipinski definition) is 8. The second-order valence-electron chi connectivity index (χ2n) is 5.85. The van der Waals surface area contributed by atoms with Gasteiger partial charge in [0.2, 0.25) is 5.91 Å². The van der Waals surface area contributed by atoms with Crippen molar-refractivity contribution < 1.29 is 33.3 Å². The molecule has 2 N–H and O–H groups in total. The summed E-state index contributed by atoms with van der Waals surface area (Å²) in [5, 5.41) is 0. The summed E-state index contributed by atoms with van der Waals surface area (Å²) in [6.45, 7) is 3.04. The Bertz CT molecular complexity index is 785. The Labute approximate surface area is 163 Å². The quantitative estimate of drug-likeness (QED) is 0.509. The minimum atomic E-state index is -2.19. The fourth-order valence-electron chi connectivity index (χ4n) is 3.00. The second-order valence-corrected chi connectivity index (χ2v) is 5.85. The molecule has 0 fully saturated rings. The van der Waals surface area contributed by atoms with E-state index in [4.69, 9.17) is 24.7 Å². The number of nitrogens with two attached hydrogens (primary N) is 1. The fourth-order valence-corrected chi connectivity index (χ4v) is 3.00. The van der Waals surface area contributed by atoms with Crippen LogP contribution >= 0.6 is 0 Å². The molecule has 1 aromatic carbocycles. The first-order chi connectivity index (χ1) is 13.4. The maximum absolute atomic E-state index is 12.8. The molecule has 0 unspecified atom stereocenters. The number of methoxy groups -OCH3 is 2. The molecule has 0 aromatic heterocycles. The molecule has 0 saturated carbocycles. The van der Waals surface area contributed by atoms with Crippen molar-refractivity contribution in [3.63, 3.8) is 0 Å². The summed E-state index contributed by atoms with van der Waals surface area (Å²) in [4.78, 5) is 39.3. The van der Waals surface area contributed by atoms with Gasteiger partial charge in [-0.25, -0.2) is 9.59 Å². The predicted octanol–water partition coefficient (Wildman–Crippen LogP) is 0.754. The van der Waals surface area contributed by atoms with E-state index < -0.39 is 23.4 Å². The first-order valence-electron chi connectivity index (χ1n) is 8.71. The molecule has 28 heavy (non-hydrogen) atoms. The van der Waals surface area contributed by atoms with Crippen molar-refractivity contribution in [2.75, 3.05) is 27.4 Å². The van der Waals surface area contributed by atoms with Crippen LogP contribution in [0.4, 0.5) is 0 Å². The minimum Gasteiger partial charge on any atom is -0.497 e. The van der Waals surface area contributed by atoms with Crippen LogP contribution in [0.1, 0.15) is 19.4 Å². The van der Waals surface area contributed by atoms with Gasteiger partial charge in [-0.3, -0.25) is 4.79 Å². The van der Waals surface area contributed by atoms with E-state index in [1.807, 2.05) is 0 Å². The Kier molecular flexibility index (Phi) is 6.50. The molecule has 0 radical (unpaired) electrons. The average molecular weight is 392 g/mol. The zero-order chi connectivity index (χ0) is 20.9. The summed E-state index contributed by atoms with van der Waals surface area (Å²) < 4.78 is 20.6. The zero-order valence-electron chi connectivity index (χ0n) is 16.3. The highest BCUT2D eigenvalue weighted by Gasteiger charge is 2.61. The van der Waals surface area contributed by atoms with Crippen molar-refractivity contribution in [3.8, 4) is 11.5 Å². The van der Waals surface area contributed by atoms with Crippen molar-refractivity contribution in [1.29, 1.82) is 0 Å². The predicted molar refractivity (Wildman–Crippen MR) is 98.4 cm³/mol. The van der Waals surface area contributed by atoms with Crippen LogP contribution in [0.3, 0.4) is 0 Å². The van der Waals surface area contributed by atoms with Crippen LogP contribution in [-0.4, -0.2) is 55.7 Å². The van der Waals surface area contributed by atoms with Crippen LogP contribution in [0.15, 0.2) is 30.0 Å². The third kappa shape index (κ3) is 3.47. The maximum Gasteiger partial charge on any atom is 0.350 e. The number of carbonyl (C=O) groups excluding carboxylic acids is 3. The second kappa shape index (κ2) is 8.64. The molecule has 0 atom stereocenters. The summed E-state index contributed by atoms with van der Waals surface area (Å²) in [5.74, 6) is -1.59. The molecule has 152 valence electrons. The van der Waals surface area contributed by atoms with Gasteiger partial charge >= 0.3 is 11.9 Å². The minimum absolute atomic E-state index is 0.00115. The number of benzene rings is 1. The van der Waals surface area contributed by atoms with Gasteiger partial charge in [-0.1, -0.05) is 0 Å². The van der Waals surface area contributed by atoms with Gasteiger partial charge in [0.25, 0.3) is 5.54 Å². The molecule has 1 amide bonds. The highest BCUT2D eigenvalue weighted by molar-refractivity contribution is 6.15. The fraction of sp³-hybridized carbons (Fsp3) is 0.421. The van der Waals surface area contributed by atoms with E-state index in [1.165, 1.54) is 14.2 Å². The number of nitrogens with zero attached hydrogens (tertiary/aromatic N) is 1. The molecule has 2 rings (SSSR count). The van der Waals surface area contributed by atoms with Crippen LogP contribution in [0.25, 0.3) is 0 Å². The lowest BCUT2D eigenvalue weighted by Gasteiger charge is -2.35. The summed E-state index contributed by atoms with van der Waals surface area (Å²) in [6, 6.07) is 4.97. The number of rotatable bonds is 8. The van der Waals surface area contributed by atoms with E-state index in [-0.39, 0.29) is 25.5 Å². The van der Waals surface area contributed by atoms with Gasteiger partial charge in [-0.15, -0.1) is 0 Å². The van der Waals surface area contributed by atoms with Crippen molar-refractivity contribution in [2.45, 2.75) is 25.9 Å². The Hall–Kier alpha value is -3.23. The van der Waals surface area contributed by atoms with Crippen molar-refractivity contribution in [1.82, 2.24) is 4.90 Å². The topological polar surface area (TPSA) is 117 Å². The van der Waals surface area contributed by atoms with Gasteiger partial charge < -0.3 is 29.6 Å². The van der Waals surface area contributed by atoms with E-state index in [1.54, 1.807) is 32.0 Å². The zero-order valence-corrected chi connectivity index (χ0v) is 16.3. The molecule has 0 spiro atoms. The monoisotopic (exact) mass is 392 g/mol. The van der Waals surface area contributed by atoms with Gasteiger partial charge in [0.15, 0.2) is 0 Å². The molecule has 1 aliphatic heterocycles. The van der Waals surface area contributed by atoms with Gasteiger partial charge in [-0.05, 0) is 26.0 Å². The molecule has 9 heteroatoms. The Morgan fingerprint density at radius 2 is 1.68 bits per heavy atom. The molecule has 1 aromatic rings. The van der Waals surface area contributed by atoms with E-state index >= 15 is 0 Å². The molecule has 1 aliphatic rings. The third-order valence-corrected chi connectivity index (χ3v) is 4.33. The van der Waals surface area contributed by atoms with Crippen LogP contribution in [-0.2, 0) is 30.4 Å². The molecule has 9 nitrogen and oxygen atoms in total. The maximum atomic E-state index is 12.8. The van der Waals surface area contributed by atoms with Gasteiger partial charge in [0.05, 0.1) is 39.7 Å². The Morgan fingerprint density at radius 1 is 1.07 bits per heavy atom. The number of esters is 2. The first-order valence-corrected chi connectivity index (χ1v) is 8.71. The standard InChI is InChI=1S/C19H24N2O7/c1-5-27-17(23)19(18(24)28-6-2)15(20)10-16(22)21(19)11-12-7-8-13(25-3)9-14(12)26-4/h7-10H,5-6,11,20H2,1-4H3. The highest BCUT2D eigenvalue weighted by atomic mass is 16.6. The lowest BCUT2D eigenvalue weighted by Crippen LogP contribution is -2.62. The Morgan fingerprint density at radius 3 is 2.18 bits per heavy atom. The SMILES string of the molecule is CCOC(=O)C1(C(=O)OCC)C(N)=CC(=O)N1Cc1ccc(OC)cc1OC. The molecule has 0 aliphatic carbocycles. The number of hydrogen-bond donors (Lipinski definition) is 1. The van der Waals surface area contributed by atoms with Crippen LogP contribution in [0, 0.1) is 0 Å². The molecule has 0 saturated heterocycles. The smallest absolute Gasteiger partial charge is 0.350 e. The largest absolute Gasteiger partial charge is 0.497 e. The van der Waals surface area contributed by atoms with Crippen LogP contribution in [0.2, 0.25) is 0 Å². The van der Waals surface area contributed by atoms with E-state index in [9.17, 15) is 14.4 Å². The normalized spacial score (nSPS) is 15.1. The van der Waals surface area contributed by atoms with E-state index in [0.29, 0.717) is 17.1 Å². The molecular weight excluding hydrogens is 368 g/mol. The van der Waals surface area contributed by atoms with Crippen molar-refractivity contribution >= 4 is 17.8 Å². The van der Waals surface area contributed by atoms with Gasteiger partial charge in [-0.2, -0.15) is 0 Å².